The lowest BCUT2D eigenvalue weighted by Gasteiger charge is -2.50. The van der Waals surface area contributed by atoms with Crippen LogP contribution in [0, 0.1) is 33.8 Å². The van der Waals surface area contributed by atoms with E-state index in [-0.39, 0.29) is 44.3 Å². The molecule has 18 atom stereocenters. The second kappa shape index (κ2) is 24.3. The zero-order valence-electron chi connectivity index (χ0n) is 44.8. The molecule has 4 aliphatic heterocycles. The van der Waals surface area contributed by atoms with Crippen molar-refractivity contribution in [3.63, 3.8) is 0 Å². The van der Waals surface area contributed by atoms with Gasteiger partial charge in [-0.3, -0.25) is 19.6 Å². The number of ether oxygens (including phenoxy) is 8. The van der Waals surface area contributed by atoms with Crippen molar-refractivity contribution in [3.8, 4) is 0 Å². The molecule has 0 spiro atoms. The first-order valence-corrected chi connectivity index (χ1v) is 25.8. The van der Waals surface area contributed by atoms with Gasteiger partial charge in [-0.15, -0.1) is 5.10 Å². The standard InChI is InChI=1S/C52H82N6O15/c1-14-40-52(11,62)47-32(5)42(54-63)30(3)24-51(10,68-28-29(2)27-67-47)46(33(6)44(34(7)48(61)71-40)72-41-25-50(9,66-13)45(60)35(8)70-41)73-49-43(59)39(23-31(4)69-49)56(12)21-20-37-26-57(55-53-37)22-19-36-15-17-38(18-16-36)58(64)65/h15-18,26,30-35,39-41,43-47,49,59-60,62-63H,2,14,19-25,27-28H2,1,3-13H3/b54-42+/t30-,31-,32+,33+,34-,35+,39?,40-,41?,43-,44+,45+,46-,47-,49+,50-,51-,52-/m1/s1. The molecule has 0 amide bonds. The lowest BCUT2D eigenvalue weighted by atomic mass is 9.73. The van der Waals surface area contributed by atoms with E-state index in [1.807, 2.05) is 40.9 Å². The van der Waals surface area contributed by atoms with Gasteiger partial charge in [0.1, 0.15) is 23.9 Å². The number of hydrogen-bond donors (Lipinski definition) is 4. The van der Waals surface area contributed by atoms with E-state index >= 15 is 0 Å². The maximum absolute atomic E-state index is 14.7. The molecule has 0 aliphatic carbocycles. The van der Waals surface area contributed by atoms with Crippen LogP contribution in [0.1, 0.15) is 106 Å². The second-order valence-electron chi connectivity index (χ2n) is 21.8. The van der Waals surface area contributed by atoms with Crippen molar-refractivity contribution in [1.29, 1.82) is 0 Å². The first kappa shape index (κ1) is 58.3. The summed E-state index contributed by atoms with van der Waals surface area (Å²) in [6.07, 6.45) is -5.74. The summed E-state index contributed by atoms with van der Waals surface area (Å²) < 4.78 is 54.3. The molecule has 0 radical (unpaired) electrons. The molecule has 1 aromatic carbocycles. The van der Waals surface area contributed by atoms with Crippen LogP contribution in [0.3, 0.4) is 0 Å². The first-order valence-electron chi connectivity index (χ1n) is 25.8. The van der Waals surface area contributed by atoms with Crippen LogP contribution in [0.5, 0.6) is 0 Å². The third-order valence-electron chi connectivity index (χ3n) is 16.0. The molecule has 4 aliphatic rings. The molecule has 5 heterocycles. The van der Waals surface area contributed by atoms with Crippen molar-refractivity contribution < 1.29 is 68.1 Å². The SMILES string of the molecule is C=C1CO[C@@H]2[C@@H](C)/C(=N/O)[C@H](C)C[C@@](C)(OC1)[C@H](O[C@@H]1O[C@H](C)CC(N(C)CCc3cn(CCc4ccc([N+](=O)[O-])cc4)nn3)[C@H]1O)[C@@H](C)[C@H](OC1C[C@@](C)(OC)[C@@H](O)[C@H](C)O1)[C@@H](C)C(=O)O[C@H](CC)[C@@]2(C)O. The Morgan fingerprint density at radius 2 is 1.71 bits per heavy atom. The van der Waals surface area contributed by atoms with E-state index in [1.165, 1.54) is 19.2 Å². The number of benzene rings is 1. The molecule has 6 rings (SSSR count). The number of oxime groups is 1. The molecule has 2 bridgehead atoms. The predicted octanol–water partition coefficient (Wildman–Crippen LogP) is 5.02. The Hall–Kier alpha value is -4.00. The average molecular weight is 1030 g/mol. The number of rotatable bonds is 14. The summed E-state index contributed by atoms with van der Waals surface area (Å²) in [5.74, 6) is -3.72. The number of nitrogens with zero attached hydrogens (tertiary/aromatic N) is 6. The minimum absolute atomic E-state index is 0.0107. The summed E-state index contributed by atoms with van der Waals surface area (Å²) in [5.41, 5.74) is -1.61. The molecule has 4 N–H and O–H groups in total. The normalized spacial score (nSPS) is 39.9. The van der Waals surface area contributed by atoms with Gasteiger partial charge >= 0.3 is 5.97 Å². The highest BCUT2D eigenvalue weighted by molar-refractivity contribution is 5.88. The van der Waals surface area contributed by atoms with Crippen molar-refractivity contribution in [2.75, 3.05) is 33.9 Å². The Bertz CT molecular complexity index is 2200. The maximum Gasteiger partial charge on any atom is 0.311 e. The fourth-order valence-electron chi connectivity index (χ4n) is 11.5. The number of nitro groups is 1. The van der Waals surface area contributed by atoms with Gasteiger partial charge in [0, 0.05) is 75.2 Å². The van der Waals surface area contributed by atoms with Gasteiger partial charge in [-0.25, -0.2) is 0 Å². The predicted molar refractivity (Wildman–Crippen MR) is 267 cm³/mol. The Morgan fingerprint density at radius 1 is 1.01 bits per heavy atom. The number of aryl methyl sites for hydroxylation is 2. The molecule has 21 nitrogen and oxygen atoms in total. The monoisotopic (exact) mass is 1030 g/mol. The van der Waals surface area contributed by atoms with Crippen LogP contribution in [0.4, 0.5) is 5.69 Å². The minimum Gasteiger partial charge on any atom is -0.459 e. The van der Waals surface area contributed by atoms with Crippen molar-refractivity contribution in [1.82, 2.24) is 19.9 Å². The summed E-state index contributed by atoms with van der Waals surface area (Å²) in [5, 5.41) is 70.5. The molecule has 0 saturated carbocycles. The molecule has 410 valence electrons. The van der Waals surface area contributed by atoms with Gasteiger partial charge in [0.15, 0.2) is 12.6 Å². The van der Waals surface area contributed by atoms with Crippen molar-refractivity contribution in [3.05, 3.63) is 64.0 Å². The summed E-state index contributed by atoms with van der Waals surface area (Å²) in [6, 6.07) is 5.99. The number of methoxy groups -OCH3 is 1. The number of likely N-dealkylation sites (N-methyl/N-ethyl adjacent to an activating group) is 1. The van der Waals surface area contributed by atoms with Crippen LogP contribution in [0.2, 0.25) is 0 Å². The van der Waals surface area contributed by atoms with Gasteiger partial charge in [0.05, 0.1) is 77.2 Å². The molecular weight excluding hydrogens is 949 g/mol. The van der Waals surface area contributed by atoms with Gasteiger partial charge in [0.25, 0.3) is 5.69 Å². The van der Waals surface area contributed by atoms with E-state index in [0.717, 1.165) is 11.3 Å². The molecule has 4 saturated heterocycles. The lowest BCUT2D eigenvalue weighted by Crippen LogP contribution is -2.62. The summed E-state index contributed by atoms with van der Waals surface area (Å²) in [6.45, 7) is 23.2. The van der Waals surface area contributed by atoms with E-state index in [2.05, 4.69) is 26.9 Å². The molecule has 1 aromatic heterocycles. The van der Waals surface area contributed by atoms with Gasteiger partial charge in [-0.05, 0) is 85.4 Å². The topological polar surface area (TPSA) is 261 Å². The van der Waals surface area contributed by atoms with E-state index in [4.69, 9.17) is 37.9 Å². The smallest absolute Gasteiger partial charge is 0.311 e. The quantitative estimate of drug-likeness (QED) is 0.0636. The number of fused-ring (bicyclic) bond motifs is 5. The van der Waals surface area contributed by atoms with Crippen LogP contribution in [-0.2, 0) is 62.1 Å². The number of carbonyl (C=O) groups excluding carboxylic acids is 1. The molecule has 21 heteroatoms. The van der Waals surface area contributed by atoms with E-state index < -0.39 is 113 Å². The average Bonchev–Trinajstić information content (AvgIpc) is 3.81. The number of nitro benzene ring substituents is 1. The Morgan fingerprint density at radius 3 is 2.36 bits per heavy atom. The van der Waals surface area contributed by atoms with Crippen LogP contribution >= 0.6 is 0 Å². The third-order valence-corrected chi connectivity index (χ3v) is 16.0. The minimum atomic E-state index is -1.79. The van der Waals surface area contributed by atoms with Crippen LogP contribution in [0.25, 0.3) is 0 Å². The highest BCUT2D eigenvalue weighted by atomic mass is 16.7. The fraction of sp³-hybridized carbons (Fsp3) is 0.769. The first-order chi connectivity index (χ1) is 34.4. The zero-order valence-corrected chi connectivity index (χ0v) is 44.8. The Balaban J connectivity index is 1.34. The molecule has 4 fully saturated rings. The van der Waals surface area contributed by atoms with Gasteiger partial charge in [-0.1, -0.05) is 56.8 Å². The lowest BCUT2D eigenvalue weighted by molar-refractivity contribution is -0.384. The molecule has 2 aromatic rings. The number of aliphatic hydroxyl groups is 3. The third kappa shape index (κ3) is 13.3. The van der Waals surface area contributed by atoms with Crippen molar-refractivity contribution in [2.24, 2.45) is 28.8 Å². The number of aliphatic hydroxyl groups excluding tert-OH is 2. The van der Waals surface area contributed by atoms with Crippen LogP contribution in [-0.4, -0.2) is 175 Å². The largest absolute Gasteiger partial charge is 0.459 e. The Labute approximate surface area is 429 Å². The molecule has 73 heavy (non-hydrogen) atoms. The van der Waals surface area contributed by atoms with E-state index in [9.17, 15) is 35.4 Å². The second-order valence-corrected chi connectivity index (χ2v) is 21.8. The van der Waals surface area contributed by atoms with Crippen molar-refractivity contribution >= 4 is 17.4 Å². The highest BCUT2D eigenvalue weighted by Crippen LogP contribution is 2.43. The maximum atomic E-state index is 14.7. The van der Waals surface area contributed by atoms with Gasteiger partial charge in [0.2, 0.25) is 0 Å². The number of esters is 1. The van der Waals surface area contributed by atoms with Crippen LogP contribution < -0.4 is 0 Å². The van der Waals surface area contributed by atoms with Crippen molar-refractivity contribution in [2.45, 2.75) is 199 Å². The number of hydrogen-bond acceptors (Lipinski definition) is 19. The summed E-state index contributed by atoms with van der Waals surface area (Å²) in [7, 11) is 3.43. The molecular formula is C52H82N6O15. The summed E-state index contributed by atoms with van der Waals surface area (Å²) in [4.78, 5) is 27.5. The highest BCUT2D eigenvalue weighted by Gasteiger charge is 2.55. The number of cyclic esters (lactones) is 1. The summed E-state index contributed by atoms with van der Waals surface area (Å²) >= 11 is 0. The number of non-ortho nitro benzene ring substituents is 1. The van der Waals surface area contributed by atoms with Gasteiger partial charge < -0.3 is 63.3 Å². The zero-order chi connectivity index (χ0) is 53.7. The van der Waals surface area contributed by atoms with Crippen LogP contribution in [0.15, 0.2) is 47.8 Å². The molecule has 2 unspecified atom stereocenters. The van der Waals surface area contributed by atoms with Gasteiger partial charge in [-0.2, -0.15) is 0 Å². The fourth-order valence-corrected chi connectivity index (χ4v) is 11.5. The Kier molecular flexibility index (Phi) is 19.4. The number of carbonyl (C=O) groups is 1. The number of aromatic nitrogens is 3. The van der Waals surface area contributed by atoms with E-state index in [1.54, 1.807) is 58.4 Å². The van der Waals surface area contributed by atoms with E-state index in [0.29, 0.717) is 43.6 Å².